The summed E-state index contributed by atoms with van der Waals surface area (Å²) in [7, 11) is 0. The van der Waals surface area contributed by atoms with E-state index in [1.807, 2.05) is 13.0 Å². The van der Waals surface area contributed by atoms with E-state index in [0.29, 0.717) is 6.42 Å². The first-order valence-electron chi connectivity index (χ1n) is 7.79. The Kier molecular flexibility index (Phi) is 7.92. The summed E-state index contributed by atoms with van der Waals surface area (Å²) in [6.45, 7) is 1.94. The van der Waals surface area contributed by atoms with Crippen LogP contribution < -0.4 is 4.90 Å². The number of nitrogens with one attached hydrogen (secondary N) is 1. The number of carbonyl (C=O) groups excluding carboxylic acids is 2. The molecule has 0 aliphatic rings. The number of aryl methyl sites for hydroxylation is 1. The molecule has 1 heterocycles. The van der Waals surface area contributed by atoms with Gasteiger partial charge in [-0.25, -0.2) is 9.88 Å². The van der Waals surface area contributed by atoms with Crippen LogP contribution in [0.1, 0.15) is 22.8 Å². The number of aromatic nitrogens is 1. The average Bonchev–Trinajstić information content (AvgIpc) is 2.66. The third-order valence-electron chi connectivity index (χ3n) is 3.60. The number of imide groups is 1. The van der Waals surface area contributed by atoms with Gasteiger partial charge in [-0.05, 0) is 36.2 Å². The smallest absolute Gasteiger partial charge is 0.273 e. The molecule has 1 aromatic carbocycles. The second-order valence-electron chi connectivity index (χ2n) is 5.45. The number of hydrogen-bond donors (Lipinski definition) is 2. The van der Waals surface area contributed by atoms with Crippen molar-refractivity contribution in [2.75, 3.05) is 4.90 Å². The van der Waals surface area contributed by atoms with E-state index in [-0.39, 0.29) is 31.5 Å². The van der Waals surface area contributed by atoms with Crippen molar-refractivity contribution in [3.8, 4) is 0 Å². The lowest BCUT2D eigenvalue weighted by Gasteiger charge is -2.22. The van der Waals surface area contributed by atoms with Crippen LogP contribution in [0, 0.1) is 5.41 Å². The fraction of sp³-hybridized carbons (Fsp3) is 0.111. The Balaban J connectivity index is 2.64. The molecule has 0 atom stereocenters. The summed E-state index contributed by atoms with van der Waals surface area (Å²) in [6.07, 6.45) is 0.688. The third kappa shape index (κ3) is 5.27. The second-order valence-corrected chi connectivity index (χ2v) is 7.42. The van der Waals surface area contributed by atoms with Crippen molar-refractivity contribution in [2.24, 2.45) is 0 Å². The van der Waals surface area contributed by atoms with E-state index in [9.17, 15) is 9.59 Å². The van der Waals surface area contributed by atoms with Crippen LogP contribution in [0.15, 0.2) is 46.3 Å². The zero-order valence-electron chi connectivity index (χ0n) is 14.3. The summed E-state index contributed by atoms with van der Waals surface area (Å²) in [5.74, 6) is -1.58. The molecule has 2 rings (SSSR count). The lowest BCUT2D eigenvalue weighted by molar-refractivity contribution is -0.113. The average molecular weight is 477 g/mol. The van der Waals surface area contributed by atoms with Crippen molar-refractivity contribution in [2.45, 2.75) is 13.3 Å². The molecule has 5 nitrogen and oxygen atoms in total. The fourth-order valence-corrected chi connectivity index (χ4v) is 3.18. The molecule has 1 aromatic heterocycles. The number of rotatable bonds is 5. The summed E-state index contributed by atoms with van der Waals surface area (Å²) in [6, 6.07) is 9.40. The molecule has 0 aliphatic heterocycles. The van der Waals surface area contributed by atoms with Crippen LogP contribution in [0.5, 0.6) is 0 Å². The summed E-state index contributed by atoms with van der Waals surface area (Å²) in [5, 5.41) is 6.41. The van der Waals surface area contributed by atoms with Gasteiger partial charge in [0.25, 0.3) is 11.8 Å². The Morgan fingerprint density at radius 3 is 2.29 bits per heavy atom. The minimum Gasteiger partial charge on any atom is -0.288 e. The van der Waals surface area contributed by atoms with Gasteiger partial charge in [0.1, 0.15) is 15.5 Å². The molecule has 1 N–H and O–H groups in total. The molecular weight excluding hydrogens is 464 g/mol. The number of benzene rings is 1. The molecule has 0 spiro atoms. The third-order valence-corrected chi connectivity index (χ3v) is 5.19. The molecule has 0 saturated carbocycles. The van der Waals surface area contributed by atoms with E-state index < -0.39 is 17.0 Å². The van der Waals surface area contributed by atoms with E-state index in [4.69, 9.17) is 51.8 Å². The van der Waals surface area contributed by atoms with E-state index in [2.05, 4.69) is 17.6 Å². The first-order chi connectivity index (χ1) is 13.1. The Morgan fingerprint density at radius 1 is 1.14 bits per heavy atom. The summed E-state index contributed by atoms with van der Waals surface area (Å²) in [4.78, 5) is 30.5. The maximum absolute atomic E-state index is 13.2. The standard InChI is InChI=1S/C18H13Cl4N3O2S/c1-2-9-4-3-5-11(6-9)25(18(27)15(28)14(21)16(22)23)17(26)10-7-12(19)24-13(20)8-10/h3-8,23,28H,2H2,1H3/b15-14+,23-16?. The van der Waals surface area contributed by atoms with Gasteiger partial charge in [0.05, 0.1) is 15.6 Å². The molecule has 0 aliphatic carbocycles. The molecule has 2 amide bonds. The Hall–Kier alpha value is -1.57. The molecule has 0 radical (unpaired) electrons. The quantitative estimate of drug-likeness (QED) is 0.251. The largest absolute Gasteiger partial charge is 0.288 e. The van der Waals surface area contributed by atoms with Crippen LogP contribution in [-0.2, 0) is 11.2 Å². The highest BCUT2D eigenvalue weighted by Gasteiger charge is 2.29. The Morgan fingerprint density at radius 2 is 1.75 bits per heavy atom. The maximum atomic E-state index is 13.2. The fourth-order valence-electron chi connectivity index (χ4n) is 2.26. The summed E-state index contributed by atoms with van der Waals surface area (Å²) in [5.41, 5.74) is 1.23. The van der Waals surface area contributed by atoms with E-state index in [0.717, 1.165) is 10.5 Å². The molecular formula is C18H13Cl4N3O2S. The van der Waals surface area contributed by atoms with Gasteiger partial charge in [0, 0.05) is 5.56 Å². The van der Waals surface area contributed by atoms with Gasteiger partial charge < -0.3 is 0 Å². The van der Waals surface area contributed by atoms with Crippen molar-refractivity contribution in [1.29, 1.82) is 5.41 Å². The van der Waals surface area contributed by atoms with Gasteiger partial charge in [0.15, 0.2) is 0 Å². The van der Waals surface area contributed by atoms with E-state index in [1.54, 1.807) is 18.2 Å². The predicted octanol–water partition coefficient (Wildman–Crippen LogP) is 5.72. The second kappa shape index (κ2) is 9.76. The van der Waals surface area contributed by atoms with Crippen molar-refractivity contribution < 1.29 is 9.59 Å². The van der Waals surface area contributed by atoms with Crippen molar-refractivity contribution in [3.05, 3.63) is 67.8 Å². The molecule has 2 aromatic rings. The van der Waals surface area contributed by atoms with Crippen molar-refractivity contribution in [3.63, 3.8) is 0 Å². The van der Waals surface area contributed by atoms with Crippen molar-refractivity contribution in [1.82, 2.24) is 4.98 Å². The zero-order valence-corrected chi connectivity index (χ0v) is 18.3. The van der Waals surface area contributed by atoms with Gasteiger partial charge in [-0.15, -0.1) is 12.6 Å². The van der Waals surface area contributed by atoms with Gasteiger partial charge in [-0.1, -0.05) is 65.5 Å². The highest BCUT2D eigenvalue weighted by Crippen LogP contribution is 2.27. The Labute approximate surface area is 187 Å². The monoisotopic (exact) mass is 475 g/mol. The lowest BCUT2D eigenvalue weighted by atomic mass is 10.1. The van der Waals surface area contributed by atoms with E-state index >= 15 is 0 Å². The summed E-state index contributed by atoms with van der Waals surface area (Å²) < 4.78 is 0. The maximum Gasteiger partial charge on any atom is 0.273 e. The number of hydrogen-bond acceptors (Lipinski definition) is 5. The number of thiol groups is 1. The number of halogens is 4. The minimum atomic E-state index is -0.860. The topological polar surface area (TPSA) is 74.1 Å². The van der Waals surface area contributed by atoms with Crippen LogP contribution >= 0.6 is 59.0 Å². The SMILES string of the molecule is CCc1cccc(N(C(=O)/C(S)=C(\Cl)C(=N)Cl)C(=O)c2cc(Cl)nc(Cl)c2)c1. The number of allylic oxidation sites excluding steroid dienone is 1. The summed E-state index contributed by atoms with van der Waals surface area (Å²) >= 11 is 27.3. The zero-order chi connectivity index (χ0) is 21.0. The molecule has 28 heavy (non-hydrogen) atoms. The molecule has 0 fully saturated rings. The first kappa shape index (κ1) is 22.7. The normalized spacial score (nSPS) is 11.6. The van der Waals surface area contributed by atoms with Gasteiger partial charge in [0.2, 0.25) is 0 Å². The minimum absolute atomic E-state index is 0.00670. The van der Waals surface area contributed by atoms with Crippen LogP contribution in [0.25, 0.3) is 0 Å². The lowest BCUT2D eigenvalue weighted by Crippen LogP contribution is -2.37. The molecule has 146 valence electrons. The van der Waals surface area contributed by atoms with Crippen LogP contribution in [0.4, 0.5) is 5.69 Å². The van der Waals surface area contributed by atoms with Gasteiger partial charge in [-0.3, -0.25) is 15.0 Å². The number of anilines is 1. The van der Waals surface area contributed by atoms with E-state index in [1.165, 1.54) is 12.1 Å². The molecule has 0 bridgehead atoms. The highest BCUT2D eigenvalue weighted by atomic mass is 35.5. The van der Waals surface area contributed by atoms with Crippen LogP contribution in [0.2, 0.25) is 10.3 Å². The van der Waals surface area contributed by atoms with Crippen LogP contribution in [-0.4, -0.2) is 22.0 Å². The number of pyridine rings is 1. The van der Waals surface area contributed by atoms with Gasteiger partial charge >= 0.3 is 0 Å². The molecule has 10 heteroatoms. The van der Waals surface area contributed by atoms with Gasteiger partial charge in [-0.2, -0.15) is 0 Å². The number of nitrogens with zero attached hydrogens (tertiary/aromatic N) is 2. The predicted molar refractivity (Wildman–Crippen MR) is 117 cm³/mol. The highest BCUT2D eigenvalue weighted by molar-refractivity contribution is 7.85. The van der Waals surface area contributed by atoms with Crippen molar-refractivity contribution >= 4 is 81.7 Å². The Bertz CT molecular complexity index is 974. The number of carbonyl (C=O) groups is 2. The first-order valence-corrected chi connectivity index (χ1v) is 9.75. The molecule has 0 saturated heterocycles. The van der Waals surface area contributed by atoms with Crippen LogP contribution in [0.3, 0.4) is 0 Å². The number of amides is 2. The molecule has 0 unspecified atom stereocenters.